The molecule has 0 atom stereocenters. The topological polar surface area (TPSA) is 80.9 Å². The van der Waals surface area contributed by atoms with Crippen molar-refractivity contribution in [3.8, 4) is 0 Å². The minimum absolute atomic E-state index is 0.121. The molecule has 0 aromatic heterocycles. The molecular formula is C35H56O4. The van der Waals surface area contributed by atoms with Crippen molar-refractivity contribution >= 4 is 0 Å². The van der Waals surface area contributed by atoms with Crippen molar-refractivity contribution in [3.05, 3.63) is 68.8 Å². The number of aliphatic hydroxyl groups excluding tert-OH is 3. The summed E-state index contributed by atoms with van der Waals surface area (Å²) in [5, 5.41) is 45.9. The van der Waals surface area contributed by atoms with Crippen LogP contribution in [0.1, 0.15) is 128 Å². The first-order valence-electron chi connectivity index (χ1n) is 14.3. The van der Waals surface area contributed by atoms with E-state index in [2.05, 4.69) is 95.2 Å². The Labute approximate surface area is 238 Å². The number of aryl methyl sites for hydroxylation is 2. The lowest BCUT2D eigenvalue weighted by Gasteiger charge is -2.49. The first-order chi connectivity index (χ1) is 17.4. The van der Waals surface area contributed by atoms with Gasteiger partial charge in [-0.2, -0.15) is 0 Å². The van der Waals surface area contributed by atoms with E-state index in [1.807, 2.05) is 26.0 Å². The van der Waals surface area contributed by atoms with E-state index in [-0.39, 0.29) is 21.7 Å². The average molecular weight is 541 g/mol. The Kier molecular flexibility index (Phi) is 9.10. The summed E-state index contributed by atoms with van der Waals surface area (Å²) in [6.45, 7) is 28.1. The van der Waals surface area contributed by atoms with Crippen LogP contribution in [-0.2, 0) is 27.3 Å². The van der Waals surface area contributed by atoms with E-state index in [0.29, 0.717) is 11.1 Å². The number of hydrogen-bond donors (Lipinski definition) is 4. The van der Waals surface area contributed by atoms with Crippen molar-refractivity contribution in [2.24, 2.45) is 5.41 Å². The van der Waals surface area contributed by atoms with Crippen LogP contribution in [0.2, 0.25) is 0 Å². The van der Waals surface area contributed by atoms with Crippen LogP contribution in [0.5, 0.6) is 0 Å². The first kappa shape index (κ1) is 33.5. The van der Waals surface area contributed by atoms with Crippen LogP contribution in [0.25, 0.3) is 0 Å². The van der Waals surface area contributed by atoms with E-state index in [9.17, 15) is 20.4 Å². The van der Waals surface area contributed by atoms with Gasteiger partial charge in [0.15, 0.2) is 0 Å². The quantitative estimate of drug-likeness (QED) is 0.329. The molecule has 39 heavy (non-hydrogen) atoms. The summed E-state index contributed by atoms with van der Waals surface area (Å²) in [6.07, 6.45) is 0. The van der Waals surface area contributed by atoms with Gasteiger partial charge in [-0.15, -0.1) is 0 Å². The zero-order valence-corrected chi connectivity index (χ0v) is 27.2. The van der Waals surface area contributed by atoms with Gasteiger partial charge in [0.25, 0.3) is 0 Å². The minimum atomic E-state index is -1.89. The molecule has 4 heteroatoms. The minimum Gasteiger partial charge on any atom is -0.395 e. The van der Waals surface area contributed by atoms with Crippen LogP contribution in [0.4, 0.5) is 0 Å². The molecule has 4 nitrogen and oxygen atoms in total. The largest absolute Gasteiger partial charge is 0.395 e. The van der Waals surface area contributed by atoms with Crippen molar-refractivity contribution < 1.29 is 20.4 Å². The van der Waals surface area contributed by atoms with Gasteiger partial charge in [0.2, 0.25) is 0 Å². The van der Waals surface area contributed by atoms with Gasteiger partial charge < -0.3 is 20.4 Å². The summed E-state index contributed by atoms with van der Waals surface area (Å²) >= 11 is 0. The van der Waals surface area contributed by atoms with E-state index in [0.717, 1.165) is 22.3 Å². The Morgan fingerprint density at radius 3 is 0.897 bits per heavy atom. The molecule has 0 unspecified atom stereocenters. The van der Waals surface area contributed by atoms with Crippen molar-refractivity contribution in [2.45, 2.75) is 124 Å². The average Bonchev–Trinajstić information content (AvgIpc) is 2.76. The van der Waals surface area contributed by atoms with Crippen LogP contribution in [0, 0.1) is 19.3 Å². The number of rotatable bonds is 6. The fraction of sp³-hybridized carbons (Fsp3) is 0.657. The van der Waals surface area contributed by atoms with Crippen molar-refractivity contribution in [1.82, 2.24) is 0 Å². The molecule has 220 valence electrons. The van der Waals surface area contributed by atoms with Crippen molar-refractivity contribution in [3.63, 3.8) is 0 Å². The zero-order valence-electron chi connectivity index (χ0n) is 27.2. The maximum absolute atomic E-state index is 13.3. The number of benzene rings is 2. The fourth-order valence-corrected chi connectivity index (χ4v) is 6.08. The van der Waals surface area contributed by atoms with Crippen LogP contribution >= 0.6 is 0 Å². The maximum atomic E-state index is 13.3. The van der Waals surface area contributed by atoms with E-state index in [4.69, 9.17) is 0 Å². The second kappa shape index (κ2) is 10.6. The van der Waals surface area contributed by atoms with Crippen LogP contribution in [-0.4, -0.2) is 40.2 Å². The third kappa shape index (κ3) is 6.00. The normalized spacial score (nSPS) is 14.2. The molecule has 2 aromatic rings. The molecule has 0 aliphatic carbocycles. The molecule has 2 aromatic carbocycles. The Morgan fingerprint density at radius 1 is 0.436 bits per heavy atom. The summed E-state index contributed by atoms with van der Waals surface area (Å²) < 4.78 is 0. The molecule has 0 amide bonds. The summed E-state index contributed by atoms with van der Waals surface area (Å²) in [7, 11) is 0. The molecule has 0 aliphatic heterocycles. The van der Waals surface area contributed by atoms with Crippen LogP contribution in [0.3, 0.4) is 0 Å². The predicted molar refractivity (Wildman–Crippen MR) is 164 cm³/mol. The van der Waals surface area contributed by atoms with E-state index in [1.54, 1.807) is 0 Å². The van der Waals surface area contributed by atoms with E-state index < -0.39 is 30.8 Å². The molecule has 0 saturated carbocycles. The lowest BCUT2D eigenvalue weighted by molar-refractivity contribution is -0.137. The fourth-order valence-electron chi connectivity index (χ4n) is 6.08. The molecule has 0 fully saturated rings. The molecule has 2 rings (SSSR count). The zero-order chi connectivity index (χ0) is 30.6. The van der Waals surface area contributed by atoms with Gasteiger partial charge in [0.1, 0.15) is 5.60 Å². The van der Waals surface area contributed by atoms with Gasteiger partial charge in [-0.1, -0.05) is 107 Å². The monoisotopic (exact) mass is 540 g/mol. The highest BCUT2D eigenvalue weighted by Gasteiger charge is 2.55. The third-order valence-electron chi connectivity index (χ3n) is 8.42. The van der Waals surface area contributed by atoms with Crippen LogP contribution < -0.4 is 0 Å². The number of hydrogen-bond acceptors (Lipinski definition) is 4. The van der Waals surface area contributed by atoms with Gasteiger partial charge in [0, 0.05) is 0 Å². The van der Waals surface area contributed by atoms with Crippen LogP contribution in [0.15, 0.2) is 24.3 Å². The molecule has 0 radical (unpaired) electrons. The summed E-state index contributed by atoms with van der Waals surface area (Å²) in [6, 6.07) is 8.41. The van der Waals surface area contributed by atoms with Crippen molar-refractivity contribution in [1.29, 1.82) is 0 Å². The summed E-state index contributed by atoms with van der Waals surface area (Å²) in [4.78, 5) is 0. The highest BCUT2D eigenvalue weighted by Crippen LogP contribution is 2.52. The smallest absolute Gasteiger partial charge is 0.127 e. The molecule has 0 bridgehead atoms. The lowest BCUT2D eigenvalue weighted by atomic mass is 9.59. The molecule has 4 N–H and O–H groups in total. The molecular weight excluding hydrogens is 484 g/mol. The first-order valence-corrected chi connectivity index (χ1v) is 14.3. The Hall–Kier alpha value is -1.72. The molecule has 0 heterocycles. The van der Waals surface area contributed by atoms with E-state index >= 15 is 0 Å². The van der Waals surface area contributed by atoms with Gasteiger partial charge in [-0.05, 0) is 80.0 Å². The van der Waals surface area contributed by atoms with E-state index in [1.165, 1.54) is 11.1 Å². The highest BCUT2D eigenvalue weighted by atomic mass is 16.3. The second-order valence-electron chi connectivity index (χ2n) is 15.9. The lowest BCUT2D eigenvalue weighted by Crippen LogP contribution is -2.55. The highest BCUT2D eigenvalue weighted by molar-refractivity contribution is 5.56. The molecule has 0 spiro atoms. The standard InChI is InChI=1S/C35H56O4/c1-22-15-28(26(32(9,10)11)17-24(22)30(3,4)5)35(39,34(19-36,20-37)21-38)29-16-23(2)25(31(6,7)8)18-27(29)33(12,13)14/h15-18,36-39H,19-21H2,1-14H3. The summed E-state index contributed by atoms with van der Waals surface area (Å²) in [5.74, 6) is 0. The molecule has 0 saturated heterocycles. The van der Waals surface area contributed by atoms with Gasteiger partial charge in [-0.3, -0.25) is 0 Å². The third-order valence-corrected chi connectivity index (χ3v) is 8.42. The SMILES string of the molecule is Cc1cc(C(O)(c2cc(C)c(C(C)(C)C)cc2C(C)(C)C)C(CO)(CO)CO)c(C(C)(C)C)cc1C(C)(C)C. The van der Waals surface area contributed by atoms with Gasteiger partial charge in [0.05, 0.1) is 25.2 Å². The Morgan fingerprint density at radius 2 is 0.692 bits per heavy atom. The Bertz CT molecular complexity index is 1080. The van der Waals surface area contributed by atoms with Gasteiger partial charge in [-0.25, -0.2) is 0 Å². The van der Waals surface area contributed by atoms with Crippen molar-refractivity contribution in [2.75, 3.05) is 19.8 Å². The maximum Gasteiger partial charge on any atom is 0.127 e. The second-order valence-corrected chi connectivity index (χ2v) is 15.9. The van der Waals surface area contributed by atoms with Gasteiger partial charge >= 0.3 is 0 Å². The molecule has 0 aliphatic rings. The summed E-state index contributed by atoms with van der Waals surface area (Å²) in [5.41, 5.74) is 2.97. The predicted octanol–water partition coefficient (Wildman–Crippen LogP) is 6.69. The number of aliphatic hydroxyl groups is 4. The Balaban J connectivity index is 3.33.